The largest absolute Gasteiger partial charge is 0.378 e. The zero-order valence-corrected chi connectivity index (χ0v) is 23.9. The minimum Gasteiger partial charge on any atom is -0.378 e. The topological polar surface area (TPSA) is 133 Å². The number of carbonyl (C=O) groups is 1. The van der Waals surface area contributed by atoms with Gasteiger partial charge in [0.1, 0.15) is 17.8 Å². The molecule has 0 aliphatic carbocycles. The van der Waals surface area contributed by atoms with E-state index in [2.05, 4.69) is 41.4 Å². The molecule has 0 radical (unpaired) electrons. The first-order valence-corrected chi connectivity index (χ1v) is 15.6. The van der Waals surface area contributed by atoms with Crippen molar-refractivity contribution in [3.8, 4) is 11.3 Å². The zero-order chi connectivity index (χ0) is 29.1. The van der Waals surface area contributed by atoms with E-state index in [-0.39, 0.29) is 17.7 Å². The van der Waals surface area contributed by atoms with Crippen LogP contribution in [0, 0.1) is 0 Å². The highest BCUT2D eigenvalue weighted by Crippen LogP contribution is 2.30. The summed E-state index contributed by atoms with van der Waals surface area (Å²) in [6.07, 6.45) is 3.65. The van der Waals surface area contributed by atoms with E-state index in [1.807, 2.05) is 42.5 Å². The van der Waals surface area contributed by atoms with E-state index < -0.39 is 10.0 Å². The van der Waals surface area contributed by atoms with Crippen molar-refractivity contribution in [1.29, 1.82) is 0 Å². The number of amides is 1. The molecule has 2 aliphatic heterocycles. The molecule has 0 bridgehead atoms. The average Bonchev–Trinajstić information content (AvgIpc) is 3.65. The van der Waals surface area contributed by atoms with Crippen molar-refractivity contribution < 1.29 is 17.9 Å². The number of hydrogen-bond donors (Lipinski definition) is 3. The summed E-state index contributed by atoms with van der Waals surface area (Å²) in [5.41, 5.74) is 4.64. The maximum atomic E-state index is 13.1. The Morgan fingerprint density at radius 1 is 1.07 bits per heavy atom. The van der Waals surface area contributed by atoms with Gasteiger partial charge in [-0.3, -0.25) is 9.52 Å². The monoisotopic (exact) mass is 587 g/mol. The fourth-order valence-electron chi connectivity index (χ4n) is 5.48. The highest BCUT2D eigenvalue weighted by atomic mass is 32.2. The third-order valence-corrected chi connectivity index (χ3v) is 8.80. The van der Waals surface area contributed by atoms with Gasteiger partial charge in [-0.05, 0) is 54.0 Å². The number of morpholine rings is 1. The fourth-order valence-corrected chi connectivity index (χ4v) is 6.66. The van der Waals surface area contributed by atoms with Gasteiger partial charge in [-0.1, -0.05) is 30.8 Å². The molecule has 11 nitrogen and oxygen atoms in total. The van der Waals surface area contributed by atoms with E-state index in [0.717, 1.165) is 59.9 Å². The predicted octanol–water partition coefficient (Wildman–Crippen LogP) is 3.28. The average molecular weight is 588 g/mol. The van der Waals surface area contributed by atoms with Gasteiger partial charge in [0.25, 0.3) is 0 Å². The number of hydrogen-bond acceptors (Lipinski definition) is 8. The second kappa shape index (κ2) is 11.8. The molecule has 2 aliphatic rings. The Hall–Kier alpha value is -4.42. The first kappa shape index (κ1) is 27.7. The van der Waals surface area contributed by atoms with E-state index in [1.54, 1.807) is 18.5 Å². The number of sulfonamides is 1. The van der Waals surface area contributed by atoms with E-state index in [0.29, 0.717) is 31.0 Å². The molecule has 2 saturated heterocycles. The molecular weight excluding hydrogens is 554 g/mol. The van der Waals surface area contributed by atoms with Crippen LogP contribution in [0.5, 0.6) is 0 Å². The molecule has 218 valence electrons. The Morgan fingerprint density at radius 3 is 2.67 bits per heavy atom. The van der Waals surface area contributed by atoms with E-state index in [4.69, 9.17) is 4.74 Å². The number of nitrogens with zero attached hydrogens (tertiary/aromatic N) is 4. The molecule has 12 heteroatoms. The zero-order valence-electron chi connectivity index (χ0n) is 23.1. The van der Waals surface area contributed by atoms with Crippen LogP contribution in [0.25, 0.3) is 22.3 Å². The second-order valence-corrected chi connectivity index (χ2v) is 12.2. The summed E-state index contributed by atoms with van der Waals surface area (Å²) in [4.78, 5) is 28.3. The van der Waals surface area contributed by atoms with Crippen LogP contribution in [0.1, 0.15) is 12.0 Å². The molecule has 0 spiro atoms. The number of benzene rings is 2. The number of ether oxygens (including phenoxy) is 1. The maximum absolute atomic E-state index is 13.1. The molecule has 0 unspecified atom stereocenters. The van der Waals surface area contributed by atoms with Crippen LogP contribution in [0.15, 0.2) is 73.6 Å². The van der Waals surface area contributed by atoms with Crippen LogP contribution in [0.3, 0.4) is 0 Å². The van der Waals surface area contributed by atoms with Gasteiger partial charge in [0.2, 0.25) is 15.9 Å². The van der Waals surface area contributed by atoms with Crippen molar-refractivity contribution >= 4 is 44.2 Å². The summed E-state index contributed by atoms with van der Waals surface area (Å²) in [6.45, 7) is 7.84. The number of anilines is 3. The molecule has 3 N–H and O–H groups in total. The van der Waals surface area contributed by atoms with Crippen LogP contribution in [0.4, 0.5) is 17.2 Å². The molecule has 2 aromatic heterocycles. The lowest BCUT2D eigenvalue weighted by molar-refractivity contribution is -0.117. The third kappa shape index (κ3) is 6.24. The van der Waals surface area contributed by atoms with Crippen molar-refractivity contribution in [3.63, 3.8) is 0 Å². The van der Waals surface area contributed by atoms with E-state index in [9.17, 15) is 13.2 Å². The Kier molecular flexibility index (Phi) is 7.81. The maximum Gasteiger partial charge on any atom is 0.243 e. The standard InChI is InChI=1S/C30H33N7O4S/c1-2-28(38)33-24-10-11-37(18-24)25-5-3-4-21(16-25)19-42(39,40)35-23-8-6-22(7-9-23)27-17-26-29(34-27)31-20-32-30(26)36-12-14-41-15-13-36/h2-9,16-17,20,24,35H,1,10-15,18-19H2,(H,33,38)(H,31,32,34)/t24-/m1/s1. The second-order valence-electron chi connectivity index (χ2n) is 10.5. The molecule has 1 amide bonds. The smallest absolute Gasteiger partial charge is 0.243 e. The SMILES string of the molecule is C=CC(=O)N[C@@H]1CCN(c2cccc(CS(=O)(=O)Nc3ccc(-c4cc5c(N6CCOCC6)ncnc5[nH]4)cc3)c2)C1. The van der Waals surface area contributed by atoms with Gasteiger partial charge in [-0.25, -0.2) is 18.4 Å². The van der Waals surface area contributed by atoms with Crippen LogP contribution in [-0.2, 0) is 25.3 Å². The number of rotatable bonds is 9. The predicted molar refractivity (Wildman–Crippen MR) is 164 cm³/mol. The number of aromatic nitrogens is 3. The molecule has 0 saturated carbocycles. The quantitative estimate of drug-likeness (QED) is 0.254. The summed E-state index contributed by atoms with van der Waals surface area (Å²) in [6, 6.07) is 16.8. The van der Waals surface area contributed by atoms with Crippen molar-refractivity contribution in [2.75, 3.05) is 53.9 Å². The van der Waals surface area contributed by atoms with Crippen molar-refractivity contribution in [2.45, 2.75) is 18.2 Å². The Labute approximate surface area is 244 Å². The molecule has 1 atom stereocenters. The van der Waals surface area contributed by atoms with Gasteiger partial charge in [-0.15, -0.1) is 0 Å². The van der Waals surface area contributed by atoms with Gasteiger partial charge in [0.05, 0.1) is 24.4 Å². The van der Waals surface area contributed by atoms with E-state index >= 15 is 0 Å². The van der Waals surface area contributed by atoms with Gasteiger partial charge in [0.15, 0.2) is 0 Å². The van der Waals surface area contributed by atoms with Gasteiger partial charge in [0, 0.05) is 49.3 Å². The number of nitrogens with one attached hydrogen (secondary N) is 3. The first-order valence-electron chi connectivity index (χ1n) is 13.9. The minimum atomic E-state index is -3.65. The van der Waals surface area contributed by atoms with Gasteiger partial charge < -0.3 is 24.8 Å². The van der Waals surface area contributed by atoms with Crippen LogP contribution in [-0.4, -0.2) is 74.7 Å². The Morgan fingerprint density at radius 2 is 1.88 bits per heavy atom. The van der Waals surface area contributed by atoms with Crippen molar-refractivity contribution in [2.24, 2.45) is 0 Å². The molecule has 2 fully saturated rings. The van der Waals surface area contributed by atoms with Gasteiger partial charge in [-0.2, -0.15) is 0 Å². The fraction of sp³-hybridized carbons (Fsp3) is 0.300. The summed E-state index contributed by atoms with van der Waals surface area (Å²) in [5, 5.41) is 3.86. The molecule has 4 heterocycles. The number of H-pyrrole nitrogens is 1. The Bertz CT molecular complexity index is 1700. The van der Waals surface area contributed by atoms with E-state index in [1.165, 1.54) is 6.08 Å². The Balaban J connectivity index is 1.11. The summed E-state index contributed by atoms with van der Waals surface area (Å²) in [5.74, 6) is 0.538. The molecule has 4 aromatic rings. The normalized spacial score (nSPS) is 17.4. The lowest BCUT2D eigenvalue weighted by Crippen LogP contribution is -2.36. The van der Waals surface area contributed by atoms with Crippen LogP contribution in [0.2, 0.25) is 0 Å². The number of aromatic amines is 1. The molecule has 6 rings (SSSR count). The van der Waals surface area contributed by atoms with Crippen LogP contribution < -0.4 is 19.8 Å². The van der Waals surface area contributed by atoms with Crippen LogP contribution >= 0.6 is 0 Å². The molecular formula is C30H33N7O4S. The highest BCUT2D eigenvalue weighted by Gasteiger charge is 2.24. The molecule has 2 aromatic carbocycles. The highest BCUT2D eigenvalue weighted by molar-refractivity contribution is 7.91. The number of fused-ring (bicyclic) bond motifs is 1. The lowest BCUT2D eigenvalue weighted by Gasteiger charge is -2.27. The third-order valence-electron chi connectivity index (χ3n) is 7.54. The lowest BCUT2D eigenvalue weighted by atomic mass is 10.1. The summed E-state index contributed by atoms with van der Waals surface area (Å²) >= 11 is 0. The summed E-state index contributed by atoms with van der Waals surface area (Å²) < 4.78 is 34.3. The first-order chi connectivity index (χ1) is 20.4. The van der Waals surface area contributed by atoms with Crippen molar-refractivity contribution in [3.05, 3.63) is 79.1 Å². The number of carbonyl (C=O) groups excluding carboxylic acids is 1. The summed E-state index contributed by atoms with van der Waals surface area (Å²) in [7, 11) is -3.65. The van der Waals surface area contributed by atoms with Crippen molar-refractivity contribution in [1.82, 2.24) is 20.3 Å². The molecule has 42 heavy (non-hydrogen) atoms. The van der Waals surface area contributed by atoms with Gasteiger partial charge >= 0.3 is 0 Å². The minimum absolute atomic E-state index is 0.0386.